The Kier molecular flexibility index (Phi) is 4.02. The molecule has 1 atom stereocenters. The zero-order valence-electron chi connectivity index (χ0n) is 12.0. The van der Waals surface area contributed by atoms with Crippen molar-refractivity contribution in [2.75, 3.05) is 0 Å². The van der Waals surface area contributed by atoms with Crippen LogP contribution in [0.25, 0.3) is 0 Å². The molecule has 110 valence electrons. The van der Waals surface area contributed by atoms with Crippen molar-refractivity contribution >= 4 is 11.6 Å². The average Bonchev–Trinajstić information content (AvgIpc) is 2.81. The fraction of sp³-hybridized carbons (Fsp3) is 0.286. The summed E-state index contributed by atoms with van der Waals surface area (Å²) in [5, 5.41) is 17.4. The van der Waals surface area contributed by atoms with E-state index in [1.54, 1.807) is 0 Å². The Morgan fingerprint density at radius 2 is 2.00 bits per heavy atom. The van der Waals surface area contributed by atoms with Gasteiger partial charge in [0.25, 0.3) is 5.91 Å². The Morgan fingerprint density at radius 3 is 2.57 bits per heavy atom. The average molecular weight is 288 g/mol. The number of hydrogen-bond acceptors (Lipinski definition) is 4. The summed E-state index contributed by atoms with van der Waals surface area (Å²) in [5.41, 5.74) is 1.70. The number of nitro groups is 1. The van der Waals surface area contributed by atoms with Crippen molar-refractivity contribution in [3.63, 3.8) is 0 Å². The number of nitrogens with one attached hydrogen (secondary N) is 1. The van der Waals surface area contributed by atoms with Crippen LogP contribution in [0, 0.1) is 17.0 Å². The van der Waals surface area contributed by atoms with E-state index in [1.807, 2.05) is 38.1 Å². The largest absolute Gasteiger partial charge is 0.344 e. The fourth-order valence-electron chi connectivity index (χ4n) is 2.03. The van der Waals surface area contributed by atoms with Gasteiger partial charge in [-0.05, 0) is 19.4 Å². The zero-order chi connectivity index (χ0) is 15.6. The molecule has 7 nitrogen and oxygen atoms in total. The van der Waals surface area contributed by atoms with E-state index in [1.165, 1.54) is 11.7 Å². The second kappa shape index (κ2) is 5.74. The van der Waals surface area contributed by atoms with Crippen LogP contribution in [0.15, 0.2) is 30.5 Å². The molecule has 1 N–H and O–H groups in total. The maximum atomic E-state index is 12.2. The predicted molar refractivity (Wildman–Crippen MR) is 76.9 cm³/mol. The first-order chi connectivity index (χ1) is 9.90. The molecule has 0 aliphatic carbocycles. The van der Waals surface area contributed by atoms with E-state index >= 15 is 0 Å². The van der Waals surface area contributed by atoms with Crippen molar-refractivity contribution in [2.24, 2.45) is 7.05 Å². The summed E-state index contributed by atoms with van der Waals surface area (Å²) < 4.78 is 1.20. The highest BCUT2D eigenvalue weighted by molar-refractivity contribution is 5.96. The normalized spacial score (nSPS) is 12.0. The Morgan fingerprint density at radius 1 is 1.38 bits per heavy atom. The summed E-state index contributed by atoms with van der Waals surface area (Å²) in [6, 6.07) is 7.47. The van der Waals surface area contributed by atoms with E-state index in [-0.39, 0.29) is 17.4 Å². The van der Waals surface area contributed by atoms with Gasteiger partial charge in [-0.2, -0.15) is 5.10 Å². The fourth-order valence-corrected chi connectivity index (χ4v) is 2.03. The van der Waals surface area contributed by atoms with E-state index in [4.69, 9.17) is 0 Å². The predicted octanol–water partition coefficient (Wildman–Crippen LogP) is 2.13. The van der Waals surface area contributed by atoms with Crippen LogP contribution < -0.4 is 5.32 Å². The summed E-state index contributed by atoms with van der Waals surface area (Å²) in [6.07, 6.45) is 1.07. The number of aromatic nitrogens is 2. The lowest BCUT2D eigenvalue weighted by Gasteiger charge is -2.14. The molecule has 0 saturated heterocycles. The molecule has 1 amide bonds. The third kappa shape index (κ3) is 3.07. The van der Waals surface area contributed by atoms with Crippen LogP contribution >= 0.6 is 0 Å². The molecule has 0 unspecified atom stereocenters. The van der Waals surface area contributed by atoms with Gasteiger partial charge in [-0.1, -0.05) is 29.8 Å². The number of rotatable bonds is 4. The van der Waals surface area contributed by atoms with Crippen molar-refractivity contribution in [3.05, 3.63) is 57.4 Å². The molecule has 2 rings (SSSR count). The highest BCUT2D eigenvalue weighted by Gasteiger charge is 2.26. The van der Waals surface area contributed by atoms with Crippen LogP contribution in [-0.2, 0) is 7.05 Å². The topological polar surface area (TPSA) is 90.1 Å². The van der Waals surface area contributed by atoms with Crippen molar-refractivity contribution in [1.29, 1.82) is 0 Å². The third-order valence-corrected chi connectivity index (χ3v) is 3.26. The molecule has 1 aromatic heterocycles. The van der Waals surface area contributed by atoms with Crippen LogP contribution in [0.3, 0.4) is 0 Å². The van der Waals surface area contributed by atoms with Crippen LogP contribution in [0.5, 0.6) is 0 Å². The van der Waals surface area contributed by atoms with Gasteiger partial charge in [-0.25, -0.2) is 0 Å². The first kappa shape index (κ1) is 14.7. The van der Waals surface area contributed by atoms with Crippen LogP contribution in [0.1, 0.15) is 34.6 Å². The molecular formula is C14H16N4O3. The summed E-state index contributed by atoms with van der Waals surface area (Å²) in [4.78, 5) is 22.5. The van der Waals surface area contributed by atoms with Gasteiger partial charge in [0.1, 0.15) is 6.20 Å². The van der Waals surface area contributed by atoms with Gasteiger partial charge >= 0.3 is 5.69 Å². The lowest BCUT2D eigenvalue weighted by Crippen LogP contribution is -2.29. The molecule has 0 saturated carbocycles. The molecule has 0 fully saturated rings. The van der Waals surface area contributed by atoms with Crippen LogP contribution in [-0.4, -0.2) is 20.6 Å². The first-order valence-electron chi connectivity index (χ1n) is 6.44. The van der Waals surface area contributed by atoms with E-state index in [0.29, 0.717) is 0 Å². The van der Waals surface area contributed by atoms with Crippen molar-refractivity contribution in [1.82, 2.24) is 15.1 Å². The van der Waals surface area contributed by atoms with Gasteiger partial charge < -0.3 is 5.32 Å². The molecule has 0 aliphatic heterocycles. The highest BCUT2D eigenvalue weighted by Crippen LogP contribution is 2.19. The highest BCUT2D eigenvalue weighted by atomic mass is 16.6. The second-order valence-corrected chi connectivity index (χ2v) is 4.86. The summed E-state index contributed by atoms with van der Waals surface area (Å²) in [5.74, 6) is -0.519. The molecule has 0 radical (unpaired) electrons. The summed E-state index contributed by atoms with van der Waals surface area (Å²) in [6.45, 7) is 3.80. The minimum Gasteiger partial charge on any atom is -0.344 e. The minimum atomic E-state index is -0.613. The molecule has 7 heteroatoms. The monoisotopic (exact) mass is 288 g/mol. The van der Waals surface area contributed by atoms with Crippen molar-refractivity contribution in [2.45, 2.75) is 19.9 Å². The number of nitrogens with zero attached hydrogens (tertiary/aromatic N) is 3. The number of carbonyl (C=O) groups excluding carboxylic acids is 1. The van der Waals surface area contributed by atoms with Gasteiger partial charge in [0, 0.05) is 7.05 Å². The number of hydrogen-bond donors (Lipinski definition) is 1. The number of benzene rings is 1. The quantitative estimate of drug-likeness (QED) is 0.689. The third-order valence-electron chi connectivity index (χ3n) is 3.26. The number of aryl methyl sites for hydroxylation is 2. The van der Waals surface area contributed by atoms with Gasteiger partial charge in [0.15, 0.2) is 0 Å². The van der Waals surface area contributed by atoms with E-state index < -0.39 is 10.8 Å². The van der Waals surface area contributed by atoms with Gasteiger partial charge in [0.2, 0.25) is 5.69 Å². The number of amides is 1. The Hall–Kier alpha value is -2.70. The number of carbonyl (C=O) groups is 1. The zero-order valence-corrected chi connectivity index (χ0v) is 12.0. The van der Waals surface area contributed by atoms with Gasteiger partial charge in [-0.3, -0.25) is 19.6 Å². The molecule has 21 heavy (non-hydrogen) atoms. The first-order valence-corrected chi connectivity index (χ1v) is 6.44. The van der Waals surface area contributed by atoms with E-state index in [0.717, 1.165) is 17.3 Å². The molecule has 1 aromatic carbocycles. The Bertz CT molecular complexity index is 676. The smallest absolute Gasteiger partial charge is 0.320 e. The standard InChI is InChI=1S/C14H16N4O3/c1-9-4-6-11(7-5-9)10(2)16-14(19)13-12(18(20)21)8-15-17(13)3/h4-8,10H,1-3H3,(H,16,19)/t10-/m0/s1. The Balaban J connectivity index is 2.20. The molecule has 0 aliphatic rings. The lowest BCUT2D eigenvalue weighted by molar-refractivity contribution is -0.385. The second-order valence-electron chi connectivity index (χ2n) is 4.86. The van der Waals surface area contributed by atoms with E-state index in [9.17, 15) is 14.9 Å². The Labute approximate surface area is 121 Å². The molecule has 1 heterocycles. The summed E-state index contributed by atoms with van der Waals surface area (Å²) in [7, 11) is 1.50. The molecule has 0 bridgehead atoms. The van der Waals surface area contributed by atoms with Crippen LogP contribution in [0.4, 0.5) is 5.69 Å². The maximum absolute atomic E-state index is 12.2. The van der Waals surface area contributed by atoms with Crippen molar-refractivity contribution < 1.29 is 9.72 Å². The van der Waals surface area contributed by atoms with E-state index in [2.05, 4.69) is 10.4 Å². The lowest BCUT2D eigenvalue weighted by atomic mass is 10.1. The SMILES string of the molecule is Cc1ccc([C@H](C)NC(=O)c2c([N+](=O)[O-])cnn2C)cc1. The summed E-state index contributed by atoms with van der Waals surface area (Å²) >= 11 is 0. The molecule has 0 spiro atoms. The van der Waals surface area contributed by atoms with Gasteiger partial charge in [0.05, 0.1) is 11.0 Å². The van der Waals surface area contributed by atoms with Gasteiger partial charge in [-0.15, -0.1) is 0 Å². The molecular weight excluding hydrogens is 272 g/mol. The maximum Gasteiger partial charge on any atom is 0.320 e. The minimum absolute atomic E-state index is 0.0565. The van der Waals surface area contributed by atoms with Crippen LogP contribution in [0.2, 0.25) is 0 Å². The molecule has 2 aromatic rings. The van der Waals surface area contributed by atoms with Crippen molar-refractivity contribution in [3.8, 4) is 0 Å².